The Bertz CT molecular complexity index is 562. The highest BCUT2D eigenvalue weighted by Gasteiger charge is 2.52. The van der Waals surface area contributed by atoms with Gasteiger partial charge in [0, 0.05) is 37.1 Å². The van der Waals surface area contributed by atoms with Crippen molar-refractivity contribution in [2.24, 2.45) is 0 Å². The molecule has 0 fully saturated rings. The van der Waals surface area contributed by atoms with E-state index in [4.69, 9.17) is 24.5 Å². The van der Waals surface area contributed by atoms with Crippen LogP contribution in [0.1, 0.15) is 33.3 Å². The third-order valence-electron chi connectivity index (χ3n) is 3.60. The first-order chi connectivity index (χ1) is 10.7. The summed E-state index contributed by atoms with van der Waals surface area (Å²) >= 11 is 4.96. The van der Waals surface area contributed by atoms with E-state index in [1.54, 1.807) is 19.1 Å². The van der Waals surface area contributed by atoms with Crippen molar-refractivity contribution in [1.82, 2.24) is 0 Å². The maximum Gasteiger partial charge on any atom is 0.502 e. The van der Waals surface area contributed by atoms with Crippen LogP contribution in [0, 0.1) is 0 Å². The van der Waals surface area contributed by atoms with E-state index in [1.807, 2.05) is 39.0 Å². The highest BCUT2D eigenvalue weighted by molar-refractivity contribution is 8.30. The van der Waals surface area contributed by atoms with Crippen LogP contribution in [0.5, 0.6) is 0 Å². The Morgan fingerprint density at radius 1 is 1.09 bits per heavy atom. The molecule has 8 heteroatoms. The zero-order valence-corrected chi connectivity index (χ0v) is 16.7. The molecular weight excluding hydrogens is 352 g/mol. The molecule has 0 aliphatic rings. The van der Waals surface area contributed by atoms with Gasteiger partial charge in [0.05, 0.1) is 4.75 Å². The Morgan fingerprint density at radius 2 is 1.52 bits per heavy atom. The zero-order valence-electron chi connectivity index (χ0n) is 14.1. The molecule has 1 aromatic rings. The van der Waals surface area contributed by atoms with Crippen molar-refractivity contribution in [2.75, 3.05) is 19.8 Å². The van der Waals surface area contributed by atoms with Crippen molar-refractivity contribution < 1.29 is 22.0 Å². The van der Waals surface area contributed by atoms with Gasteiger partial charge in [0.1, 0.15) is 0 Å². The fraction of sp³-hybridized carbons (Fsp3) is 0.600. The summed E-state index contributed by atoms with van der Waals surface area (Å²) in [5.74, 6) is 0. The molecule has 0 saturated carbocycles. The van der Waals surface area contributed by atoms with Crippen molar-refractivity contribution in [1.29, 1.82) is 0 Å². The van der Waals surface area contributed by atoms with Gasteiger partial charge in [-0.15, -0.1) is 0 Å². The van der Waals surface area contributed by atoms with E-state index in [2.05, 4.69) is 0 Å². The monoisotopic (exact) mass is 378 g/mol. The highest BCUT2D eigenvalue weighted by Crippen LogP contribution is 2.39. The van der Waals surface area contributed by atoms with E-state index in [1.165, 1.54) is 0 Å². The van der Waals surface area contributed by atoms with Crippen LogP contribution in [-0.4, -0.2) is 37.4 Å². The number of hydrogen-bond donors (Lipinski definition) is 1. The maximum absolute atomic E-state index is 12.5. The van der Waals surface area contributed by atoms with Gasteiger partial charge in [-0.2, -0.15) is 0 Å². The minimum atomic E-state index is -3.58. The first-order valence-electron chi connectivity index (χ1n) is 7.69. The summed E-state index contributed by atoms with van der Waals surface area (Å²) in [4.78, 5) is 0. The minimum Gasteiger partial charge on any atom is -0.374 e. The quantitative estimate of drug-likeness (QED) is 0.631. The maximum atomic E-state index is 12.5. The Balaban J connectivity index is 3.37. The van der Waals surface area contributed by atoms with Crippen LogP contribution in [0.3, 0.4) is 0 Å². The van der Waals surface area contributed by atoms with Crippen molar-refractivity contribution >= 4 is 28.8 Å². The Hall–Kier alpha value is -0.353. The van der Waals surface area contributed by atoms with E-state index >= 15 is 0 Å². The summed E-state index contributed by atoms with van der Waals surface area (Å²) in [5.41, 5.74) is 0.679. The van der Waals surface area contributed by atoms with Crippen LogP contribution in [0.25, 0.3) is 0 Å². The van der Waals surface area contributed by atoms with Crippen LogP contribution < -0.4 is 0 Å². The fourth-order valence-electron chi connectivity index (χ4n) is 2.48. The summed E-state index contributed by atoms with van der Waals surface area (Å²) < 4.78 is 39.1. The second-order valence-corrected chi connectivity index (χ2v) is 11.0. The molecule has 0 amide bonds. The lowest BCUT2D eigenvalue weighted by atomic mass is 10.0. The van der Waals surface area contributed by atoms with Gasteiger partial charge in [-0.05, 0) is 33.3 Å². The van der Waals surface area contributed by atoms with Gasteiger partial charge in [0.15, 0.2) is 8.77 Å². The molecule has 0 spiro atoms. The first-order valence-corrected chi connectivity index (χ1v) is 12.1. The van der Waals surface area contributed by atoms with Crippen LogP contribution in [-0.2, 0) is 38.0 Å². The largest absolute Gasteiger partial charge is 0.502 e. The van der Waals surface area contributed by atoms with Gasteiger partial charge in [0.2, 0.25) is 0 Å². The summed E-state index contributed by atoms with van der Waals surface area (Å²) in [6.45, 7) is 8.44. The first kappa shape index (κ1) is 20.7. The van der Waals surface area contributed by atoms with Gasteiger partial charge in [-0.25, -0.2) is 4.21 Å². The molecule has 0 saturated heterocycles. The van der Waals surface area contributed by atoms with Gasteiger partial charge < -0.3 is 17.8 Å². The second kappa shape index (κ2) is 8.66. The molecule has 2 unspecified atom stereocenters. The molecule has 132 valence electrons. The van der Waals surface area contributed by atoms with E-state index in [0.29, 0.717) is 25.4 Å². The van der Waals surface area contributed by atoms with Crippen molar-refractivity contribution in [3.05, 3.63) is 35.9 Å². The minimum absolute atomic E-state index is 0.151. The third-order valence-corrected chi connectivity index (χ3v) is 9.80. The average molecular weight is 379 g/mol. The molecule has 0 aliphatic heterocycles. The van der Waals surface area contributed by atoms with Gasteiger partial charge in [0.25, 0.3) is 0 Å². The van der Waals surface area contributed by atoms with Gasteiger partial charge in [-0.1, -0.05) is 30.3 Å². The molecule has 1 aromatic carbocycles. The molecule has 5 nitrogen and oxygen atoms in total. The standard InChI is InChI=1S/C15H26O5S2Si/c1-5-18-23(19-6-2,20-7-3)13-15(4,22(16,17)21)14-11-9-8-10-12-14/h8-12H,5-7,13H2,1-4H3,(H,16,17,21). The lowest BCUT2D eigenvalue weighted by Gasteiger charge is -2.37. The molecule has 0 radical (unpaired) electrons. The number of rotatable bonds is 10. The molecule has 2 atom stereocenters. The smallest absolute Gasteiger partial charge is 0.374 e. The summed E-state index contributed by atoms with van der Waals surface area (Å²) in [6, 6.07) is 9.23. The molecule has 1 N–H and O–H groups in total. The number of hydrogen-bond acceptors (Lipinski definition) is 5. The average Bonchev–Trinajstić information content (AvgIpc) is 2.47. The molecule has 23 heavy (non-hydrogen) atoms. The van der Waals surface area contributed by atoms with E-state index in [9.17, 15) is 8.76 Å². The summed E-state index contributed by atoms with van der Waals surface area (Å²) in [5, 5.41) is 0. The molecular formula is C15H26O5S2Si. The van der Waals surface area contributed by atoms with E-state index in [0.717, 1.165) is 0 Å². The summed E-state index contributed by atoms with van der Waals surface area (Å²) in [6.07, 6.45) is 0. The second-order valence-electron chi connectivity index (χ2n) is 5.23. The predicted octanol–water partition coefficient (Wildman–Crippen LogP) is 3.17. The van der Waals surface area contributed by atoms with Crippen molar-refractivity contribution in [3.8, 4) is 0 Å². The molecule has 0 bridgehead atoms. The Labute approximate surface area is 145 Å². The van der Waals surface area contributed by atoms with Crippen molar-refractivity contribution in [2.45, 2.75) is 38.5 Å². The molecule has 0 heterocycles. The number of benzene rings is 1. The van der Waals surface area contributed by atoms with Crippen LogP contribution in [0.15, 0.2) is 30.3 Å². The lowest BCUT2D eigenvalue weighted by Crippen LogP contribution is -2.52. The molecule has 0 aliphatic carbocycles. The van der Waals surface area contributed by atoms with E-state index in [-0.39, 0.29) is 6.04 Å². The fourth-order valence-corrected chi connectivity index (χ4v) is 7.90. The van der Waals surface area contributed by atoms with Gasteiger partial charge in [-0.3, -0.25) is 0 Å². The zero-order chi connectivity index (χ0) is 17.6. The molecule has 1 rings (SSSR count). The van der Waals surface area contributed by atoms with Crippen LogP contribution in [0.4, 0.5) is 0 Å². The third kappa shape index (κ3) is 5.06. The topological polar surface area (TPSA) is 65.0 Å². The predicted molar refractivity (Wildman–Crippen MR) is 97.4 cm³/mol. The van der Waals surface area contributed by atoms with Gasteiger partial charge >= 0.3 is 8.80 Å². The lowest BCUT2D eigenvalue weighted by molar-refractivity contribution is 0.0684. The Kier molecular flexibility index (Phi) is 7.79. The molecule has 0 aromatic heterocycles. The normalized spacial score (nSPS) is 17.4. The Morgan fingerprint density at radius 3 is 1.87 bits per heavy atom. The van der Waals surface area contributed by atoms with Crippen molar-refractivity contribution in [3.63, 3.8) is 0 Å². The highest BCUT2D eigenvalue weighted by atomic mass is 32.8. The van der Waals surface area contributed by atoms with E-state index < -0.39 is 22.3 Å². The summed E-state index contributed by atoms with van der Waals surface area (Å²) in [7, 11) is -6.71. The van der Waals surface area contributed by atoms with Crippen LogP contribution in [0.2, 0.25) is 6.04 Å². The van der Waals surface area contributed by atoms with Crippen LogP contribution >= 0.6 is 0 Å². The SMILES string of the molecule is CCO[Si](CC(C)(c1ccccc1)S(=O)(O)=S)(OCC)OCC.